The van der Waals surface area contributed by atoms with Gasteiger partial charge in [-0.15, -0.1) is 0 Å². The van der Waals surface area contributed by atoms with Crippen LogP contribution in [0, 0.1) is 5.92 Å². The number of nitrogens with one attached hydrogen (secondary N) is 2. The standard InChI is InChI=1S/C26H30N6O5S/c1-16(2)23-25(33)29-22-15-32(38(35,36)20-11-7-5-9-18(20)26(34)37-3)13-12-31(22)14-21-27-19-10-6-4-8-17(19)24(28-21)30-23/h4-11,16,22-23H,12-15H2,1-3H3,(H,29,33)(H,27,28,30)/t22?,23-/m0/s1. The summed E-state index contributed by atoms with van der Waals surface area (Å²) >= 11 is 0. The number of carbonyl (C=O) groups excluding carboxylic acids is 2. The molecule has 1 amide bonds. The number of methoxy groups -OCH3 is 1. The van der Waals surface area contributed by atoms with Gasteiger partial charge in [-0.3, -0.25) is 9.69 Å². The van der Waals surface area contributed by atoms with Gasteiger partial charge in [0, 0.05) is 25.0 Å². The number of benzene rings is 2. The number of ether oxygens (including phenoxy) is 1. The van der Waals surface area contributed by atoms with Gasteiger partial charge in [-0.1, -0.05) is 38.1 Å². The second kappa shape index (κ2) is 10.3. The average molecular weight is 539 g/mol. The molecule has 2 N–H and O–H groups in total. The number of aromatic nitrogens is 2. The molecule has 0 aliphatic carbocycles. The molecule has 0 saturated carbocycles. The van der Waals surface area contributed by atoms with Crippen molar-refractivity contribution in [2.75, 3.05) is 32.1 Å². The van der Waals surface area contributed by atoms with Gasteiger partial charge in [-0.05, 0) is 30.2 Å². The predicted octanol–water partition coefficient (Wildman–Crippen LogP) is 1.82. The van der Waals surface area contributed by atoms with Crippen LogP contribution >= 0.6 is 0 Å². The minimum Gasteiger partial charge on any atom is -0.465 e. The lowest BCUT2D eigenvalue weighted by Gasteiger charge is -2.42. The summed E-state index contributed by atoms with van der Waals surface area (Å²) in [6, 6.07) is 13.0. The Hall–Kier alpha value is -3.61. The lowest BCUT2D eigenvalue weighted by atomic mass is 10.0. The number of amides is 1. The molecule has 38 heavy (non-hydrogen) atoms. The first-order chi connectivity index (χ1) is 18.2. The quantitative estimate of drug-likeness (QED) is 0.477. The number of hydrogen-bond donors (Lipinski definition) is 2. The van der Waals surface area contributed by atoms with Crippen LogP contribution in [0.3, 0.4) is 0 Å². The number of esters is 1. The molecule has 2 aromatic carbocycles. The molecule has 3 aromatic rings. The zero-order valence-corrected chi connectivity index (χ0v) is 22.2. The second-order valence-corrected chi connectivity index (χ2v) is 11.6. The molecule has 2 aliphatic rings. The van der Waals surface area contributed by atoms with E-state index in [1.165, 1.54) is 23.5 Å². The summed E-state index contributed by atoms with van der Waals surface area (Å²) in [5.74, 6) is 0.108. The zero-order valence-electron chi connectivity index (χ0n) is 21.4. The van der Waals surface area contributed by atoms with Crippen molar-refractivity contribution in [1.29, 1.82) is 0 Å². The van der Waals surface area contributed by atoms with E-state index in [1.807, 2.05) is 43.0 Å². The van der Waals surface area contributed by atoms with Crippen molar-refractivity contribution >= 4 is 38.6 Å². The fourth-order valence-electron chi connectivity index (χ4n) is 4.87. The number of sulfonamides is 1. The number of anilines is 1. The van der Waals surface area contributed by atoms with Gasteiger partial charge in [0.1, 0.15) is 17.7 Å². The Bertz CT molecular complexity index is 1490. The predicted molar refractivity (Wildman–Crippen MR) is 141 cm³/mol. The van der Waals surface area contributed by atoms with Crippen LogP contribution in [-0.4, -0.2) is 78.4 Å². The number of fused-ring (bicyclic) bond motifs is 5. The molecule has 3 heterocycles. The molecule has 2 bridgehead atoms. The van der Waals surface area contributed by atoms with Crippen LogP contribution in [0.1, 0.15) is 30.0 Å². The van der Waals surface area contributed by atoms with E-state index >= 15 is 0 Å². The number of carbonyl (C=O) groups is 2. The first-order valence-corrected chi connectivity index (χ1v) is 13.9. The largest absolute Gasteiger partial charge is 0.465 e. The van der Waals surface area contributed by atoms with Crippen LogP contribution in [0.5, 0.6) is 0 Å². The fraction of sp³-hybridized carbons (Fsp3) is 0.385. The van der Waals surface area contributed by atoms with Crippen molar-refractivity contribution in [3.05, 3.63) is 59.9 Å². The van der Waals surface area contributed by atoms with E-state index in [2.05, 4.69) is 10.6 Å². The highest BCUT2D eigenvalue weighted by molar-refractivity contribution is 7.89. The summed E-state index contributed by atoms with van der Waals surface area (Å²) in [4.78, 5) is 37.1. The molecule has 2 atom stereocenters. The van der Waals surface area contributed by atoms with Gasteiger partial charge in [-0.25, -0.2) is 23.2 Å². The maximum absolute atomic E-state index is 13.7. The van der Waals surface area contributed by atoms with Crippen molar-refractivity contribution in [2.24, 2.45) is 5.92 Å². The summed E-state index contributed by atoms with van der Waals surface area (Å²) in [5, 5.41) is 7.18. The minimum atomic E-state index is -4.06. The van der Waals surface area contributed by atoms with Crippen LogP contribution in [0.15, 0.2) is 53.4 Å². The zero-order chi connectivity index (χ0) is 27.0. The lowest BCUT2D eigenvalue weighted by Crippen LogP contribution is -2.63. The monoisotopic (exact) mass is 538 g/mol. The lowest BCUT2D eigenvalue weighted by molar-refractivity contribution is -0.125. The number of para-hydroxylation sites is 1. The van der Waals surface area contributed by atoms with Crippen LogP contribution < -0.4 is 10.6 Å². The Morgan fingerprint density at radius 1 is 1.05 bits per heavy atom. The van der Waals surface area contributed by atoms with E-state index in [1.54, 1.807) is 12.1 Å². The molecule has 2 aliphatic heterocycles. The number of rotatable bonds is 4. The molecule has 11 nitrogen and oxygen atoms in total. The molecular formula is C26H30N6O5S. The number of nitrogens with zero attached hydrogens (tertiary/aromatic N) is 4. The smallest absolute Gasteiger partial charge is 0.339 e. The highest BCUT2D eigenvalue weighted by Gasteiger charge is 2.38. The first-order valence-electron chi connectivity index (χ1n) is 12.4. The van der Waals surface area contributed by atoms with Gasteiger partial charge < -0.3 is 15.4 Å². The van der Waals surface area contributed by atoms with Crippen LogP contribution in [0.2, 0.25) is 0 Å². The third kappa shape index (κ3) is 4.82. The topological polar surface area (TPSA) is 134 Å². The summed E-state index contributed by atoms with van der Waals surface area (Å²) in [6.45, 7) is 4.68. The van der Waals surface area contributed by atoms with E-state index < -0.39 is 28.2 Å². The minimum absolute atomic E-state index is 0.00513. The molecule has 200 valence electrons. The van der Waals surface area contributed by atoms with Crippen molar-refractivity contribution < 1.29 is 22.7 Å². The Morgan fingerprint density at radius 2 is 1.79 bits per heavy atom. The summed E-state index contributed by atoms with van der Waals surface area (Å²) in [5.41, 5.74) is 0.731. The van der Waals surface area contributed by atoms with Crippen molar-refractivity contribution in [3.63, 3.8) is 0 Å². The molecule has 0 spiro atoms. The molecule has 0 radical (unpaired) electrons. The van der Waals surface area contributed by atoms with E-state index in [0.29, 0.717) is 24.7 Å². The van der Waals surface area contributed by atoms with Gasteiger partial charge in [0.05, 0.1) is 35.8 Å². The molecule has 1 fully saturated rings. The summed E-state index contributed by atoms with van der Waals surface area (Å²) in [7, 11) is -2.85. The summed E-state index contributed by atoms with van der Waals surface area (Å²) < 4.78 is 33.4. The SMILES string of the molecule is COC(=O)c1ccccc1S(=O)(=O)N1CCN2Cc3nc(c4ccccc4n3)N[C@@H](C(C)C)C(=O)NC2C1. The number of hydrogen-bond acceptors (Lipinski definition) is 9. The summed E-state index contributed by atoms with van der Waals surface area (Å²) in [6.07, 6.45) is -0.629. The van der Waals surface area contributed by atoms with Crippen LogP contribution in [0.25, 0.3) is 10.9 Å². The Kier molecular flexibility index (Phi) is 7.03. The van der Waals surface area contributed by atoms with Gasteiger partial charge in [0.2, 0.25) is 15.9 Å². The Labute approximate surface area is 221 Å². The highest BCUT2D eigenvalue weighted by atomic mass is 32.2. The second-order valence-electron chi connectivity index (χ2n) is 9.72. The highest BCUT2D eigenvalue weighted by Crippen LogP contribution is 2.27. The molecule has 1 saturated heterocycles. The van der Waals surface area contributed by atoms with Crippen LogP contribution in [0.4, 0.5) is 5.82 Å². The molecule has 1 aromatic heterocycles. The van der Waals surface area contributed by atoms with Crippen LogP contribution in [-0.2, 0) is 26.1 Å². The fourth-order valence-corrected chi connectivity index (χ4v) is 6.49. The normalized spacial score (nSPS) is 20.9. The van der Waals surface area contributed by atoms with E-state index in [0.717, 1.165) is 10.9 Å². The van der Waals surface area contributed by atoms with Gasteiger partial charge in [0.25, 0.3) is 0 Å². The van der Waals surface area contributed by atoms with Gasteiger partial charge in [0.15, 0.2) is 0 Å². The molecule has 5 rings (SSSR count). The van der Waals surface area contributed by atoms with E-state index in [4.69, 9.17) is 14.7 Å². The van der Waals surface area contributed by atoms with Crippen molar-refractivity contribution in [1.82, 2.24) is 24.5 Å². The van der Waals surface area contributed by atoms with Gasteiger partial charge >= 0.3 is 5.97 Å². The third-order valence-electron chi connectivity index (χ3n) is 6.91. The molecule has 12 heteroatoms. The number of piperazine rings is 1. The van der Waals surface area contributed by atoms with E-state index in [9.17, 15) is 18.0 Å². The average Bonchev–Trinajstić information content (AvgIpc) is 2.91. The first kappa shape index (κ1) is 26.0. The Balaban J connectivity index is 1.51. The van der Waals surface area contributed by atoms with Crippen molar-refractivity contribution in [3.8, 4) is 0 Å². The van der Waals surface area contributed by atoms with Gasteiger partial charge in [-0.2, -0.15) is 4.31 Å². The maximum Gasteiger partial charge on any atom is 0.339 e. The Morgan fingerprint density at radius 3 is 2.55 bits per heavy atom. The third-order valence-corrected chi connectivity index (χ3v) is 8.83. The molecule has 1 unspecified atom stereocenters. The maximum atomic E-state index is 13.7. The van der Waals surface area contributed by atoms with Crippen molar-refractivity contribution in [2.45, 2.75) is 37.5 Å². The van der Waals surface area contributed by atoms with E-state index in [-0.39, 0.29) is 35.4 Å². The molecular weight excluding hydrogens is 508 g/mol.